The number of carbonyl (C=O) groups excluding carboxylic acids is 1. The van der Waals surface area contributed by atoms with Crippen molar-refractivity contribution in [2.24, 2.45) is 0 Å². The Morgan fingerprint density at radius 3 is 2.71 bits per heavy atom. The summed E-state index contributed by atoms with van der Waals surface area (Å²) in [5.41, 5.74) is 2.15. The molecular formula is C22H33N3O3. The lowest BCUT2D eigenvalue weighted by molar-refractivity contribution is -0.117. The highest BCUT2D eigenvalue weighted by atomic mass is 16.5. The Morgan fingerprint density at radius 2 is 2.04 bits per heavy atom. The molecule has 0 heterocycles. The van der Waals surface area contributed by atoms with Gasteiger partial charge in [0.25, 0.3) is 5.91 Å². The van der Waals surface area contributed by atoms with Crippen molar-refractivity contribution in [2.75, 3.05) is 26.4 Å². The summed E-state index contributed by atoms with van der Waals surface area (Å²) >= 11 is 0. The van der Waals surface area contributed by atoms with Gasteiger partial charge in [-0.25, -0.2) is 0 Å². The molecule has 154 valence electrons. The second kappa shape index (κ2) is 13.6. The predicted molar refractivity (Wildman–Crippen MR) is 111 cm³/mol. The lowest BCUT2D eigenvalue weighted by Gasteiger charge is -2.18. The van der Waals surface area contributed by atoms with E-state index in [1.807, 2.05) is 45.0 Å². The Balaban J connectivity index is 2.57. The molecule has 0 spiro atoms. The van der Waals surface area contributed by atoms with Crippen LogP contribution in [0.5, 0.6) is 5.75 Å². The molecule has 0 aliphatic carbocycles. The first-order valence-electron chi connectivity index (χ1n) is 9.99. The quantitative estimate of drug-likeness (QED) is 0.306. The van der Waals surface area contributed by atoms with Crippen LogP contribution in [-0.2, 0) is 9.53 Å². The normalized spacial score (nSPS) is 12.2. The molecule has 28 heavy (non-hydrogen) atoms. The van der Waals surface area contributed by atoms with E-state index in [0.29, 0.717) is 19.8 Å². The molecule has 1 amide bonds. The van der Waals surface area contributed by atoms with Crippen molar-refractivity contribution in [1.29, 1.82) is 5.26 Å². The van der Waals surface area contributed by atoms with Crippen molar-refractivity contribution >= 4 is 5.91 Å². The fraction of sp³-hybridized carbons (Fsp3) is 0.545. The standard InChI is InChI=1S/C22H33N3O3/c1-5-7-12-27-13-8-11-24-22(26)19(15-23)16-25-18(4)20-14-17(3)9-10-21(20)28-6-2/h9-10,14,16,18,25H,5-8,11-13H2,1-4H3,(H,24,26)/b19-16-. The summed E-state index contributed by atoms with van der Waals surface area (Å²) in [5.74, 6) is 0.414. The van der Waals surface area contributed by atoms with E-state index < -0.39 is 0 Å². The SMILES string of the molecule is CCCCOCCCNC(=O)/C(C#N)=C\NC(C)c1cc(C)ccc1OCC. The van der Waals surface area contributed by atoms with E-state index >= 15 is 0 Å². The Bertz CT molecular complexity index is 680. The molecule has 0 aliphatic rings. The van der Waals surface area contributed by atoms with Crippen LogP contribution in [0.3, 0.4) is 0 Å². The molecule has 6 nitrogen and oxygen atoms in total. The average Bonchev–Trinajstić information content (AvgIpc) is 2.69. The van der Waals surface area contributed by atoms with Gasteiger partial charge in [-0.1, -0.05) is 31.0 Å². The topological polar surface area (TPSA) is 83.4 Å². The van der Waals surface area contributed by atoms with Crippen LogP contribution < -0.4 is 15.4 Å². The second-order valence-corrected chi connectivity index (χ2v) is 6.61. The summed E-state index contributed by atoms with van der Waals surface area (Å²) in [5, 5.41) is 15.2. The minimum absolute atomic E-state index is 0.0457. The number of ether oxygens (including phenoxy) is 2. The second-order valence-electron chi connectivity index (χ2n) is 6.61. The monoisotopic (exact) mass is 387 g/mol. The zero-order valence-corrected chi connectivity index (χ0v) is 17.5. The van der Waals surface area contributed by atoms with E-state index in [-0.39, 0.29) is 17.5 Å². The van der Waals surface area contributed by atoms with Gasteiger partial charge in [0.2, 0.25) is 0 Å². The first kappa shape index (κ1) is 23.5. The summed E-state index contributed by atoms with van der Waals surface area (Å²) in [6, 6.07) is 7.83. The van der Waals surface area contributed by atoms with Crippen LogP contribution >= 0.6 is 0 Å². The summed E-state index contributed by atoms with van der Waals surface area (Å²) in [6.45, 7) is 10.4. The molecule has 0 saturated carbocycles. The molecule has 0 fully saturated rings. The zero-order valence-electron chi connectivity index (χ0n) is 17.5. The van der Waals surface area contributed by atoms with Crippen molar-refractivity contribution in [3.63, 3.8) is 0 Å². The summed E-state index contributed by atoms with van der Waals surface area (Å²) in [4.78, 5) is 12.2. The smallest absolute Gasteiger partial charge is 0.263 e. The van der Waals surface area contributed by atoms with Crippen LogP contribution in [0.2, 0.25) is 0 Å². The molecule has 1 aromatic carbocycles. The van der Waals surface area contributed by atoms with E-state index in [1.165, 1.54) is 6.20 Å². The van der Waals surface area contributed by atoms with Gasteiger partial charge in [-0.15, -0.1) is 0 Å². The number of aryl methyl sites for hydroxylation is 1. The van der Waals surface area contributed by atoms with E-state index in [2.05, 4.69) is 17.6 Å². The first-order chi connectivity index (χ1) is 13.5. The number of nitrogens with zero attached hydrogens (tertiary/aromatic N) is 1. The Hall–Kier alpha value is -2.52. The van der Waals surface area contributed by atoms with Gasteiger partial charge in [0.05, 0.1) is 12.6 Å². The highest BCUT2D eigenvalue weighted by Gasteiger charge is 2.13. The third kappa shape index (κ3) is 8.45. The maximum absolute atomic E-state index is 12.2. The molecule has 0 aliphatic heterocycles. The highest BCUT2D eigenvalue weighted by molar-refractivity contribution is 5.97. The number of hydrogen-bond acceptors (Lipinski definition) is 5. The zero-order chi connectivity index (χ0) is 20.8. The van der Waals surface area contributed by atoms with Crippen molar-refractivity contribution in [3.8, 4) is 11.8 Å². The number of benzene rings is 1. The van der Waals surface area contributed by atoms with Gasteiger partial charge < -0.3 is 20.1 Å². The fourth-order valence-corrected chi connectivity index (χ4v) is 2.56. The van der Waals surface area contributed by atoms with E-state index in [9.17, 15) is 10.1 Å². The van der Waals surface area contributed by atoms with Gasteiger partial charge in [-0.3, -0.25) is 4.79 Å². The van der Waals surface area contributed by atoms with Crippen molar-refractivity contribution in [1.82, 2.24) is 10.6 Å². The van der Waals surface area contributed by atoms with E-state index in [4.69, 9.17) is 9.47 Å². The third-order valence-corrected chi connectivity index (χ3v) is 4.17. The maximum atomic E-state index is 12.2. The van der Waals surface area contributed by atoms with Gasteiger partial charge in [-0.05, 0) is 39.7 Å². The number of amides is 1. The summed E-state index contributed by atoms with van der Waals surface area (Å²) in [6.07, 6.45) is 4.34. The van der Waals surface area contributed by atoms with Crippen LogP contribution in [0.1, 0.15) is 57.2 Å². The molecule has 6 heteroatoms. The molecule has 2 N–H and O–H groups in total. The Kier molecular flexibility index (Phi) is 11.4. The summed E-state index contributed by atoms with van der Waals surface area (Å²) in [7, 11) is 0. The first-order valence-corrected chi connectivity index (χ1v) is 9.99. The minimum Gasteiger partial charge on any atom is -0.494 e. The molecule has 1 unspecified atom stereocenters. The molecular weight excluding hydrogens is 354 g/mol. The van der Waals surface area contributed by atoms with E-state index in [1.54, 1.807) is 0 Å². The van der Waals surface area contributed by atoms with E-state index in [0.717, 1.165) is 42.7 Å². The van der Waals surface area contributed by atoms with Gasteiger partial charge in [0.15, 0.2) is 0 Å². The maximum Gasteiger partial charge on any atom is 0.263 e. The van der Waals surface area contributed by atoms with Crippen LogP contribution in [0, 0.1) is 18.3 Å². The average molecular weight is 388 g/mol. The van der Waals surface area contributed by atoms with Crippen LogP contribution in [0.4, 0.5) is 0 Å². The van der Waals surface area contributed by atoms with Crippen LogP contribution in [0.15, 0.2) is 30.0 Å². The third-order valence-electron chi connectivity index (χ3n) is 4.17. The predicted octanol–water partition coefficient (Wildman–Crippen LogP) is 3.77. The van der Waals surface area contributed by atoms with Crippen molar-refractivity contribution in [3.05, 3.63) is 41.1 Å². The lowest BCUT2D eigenvalue weighted by Crippen LogP contribution is -2.27. The molecule has 0 bridgehead atoms. The lowest BCUT2D eigenvalue weighted by atomic mass is 10.0. The largest absolute Gasteiger partial charge is 0.494 e. The number of carbonyl (C=O) groups is 1. The number of rotatable bonds is 13. The molecule has 0 radical (unpaired) electrons. The Morgan fingerprint density at radius 1 is 1.29 bits per heavy atom. The highest BCUT2D eigenvalue weighted by Crippen LogP contribution is 2.26. The molecule has 1 aromatic rings. The van der Waals surface area contributed by atoms with Gasteiger partial charge in [0, 0.05) is 31.5 Å². The molecule has 0 aromatic heterocycles. The fourth-order valence-electron chi connectivity index (χ4n) is 2.56. The molecule has 0 saturated heterocycles. The van der Waals surface area contributed by atoms with Gasteiger partial charge in [0.1, 0.15) is 17.4 Å². The van der Waals surface area contributed by atoms with Gasteiger partial charge >= 0.3 is 0 Å². The van der Waals surface area contributed by atoms with Crippen molar-refractivity contribution in [2.45, 2.75) is 53.0 Å². The molecule has 1 rings (SSSR count). The number of hydrogen-bond donors (Lipinski definition) is 2. The summed E-state index contributed by atoms with van der Waals surface area (Å²) < 4.78 is 11.1. The number of unbranched alkanes of at least 4 members (excludes halogenated alkanes) is 1. The van der Waals surface area contributed by atoms with Crippen LogP contribution in [0.25, 0.3) is 0 Å². The number of nitrogens with one attached hydrogen (secondary N) is 2. The van der Waals surface area contributed by atoms with Crippen LogP contribution in [-0.4, -0.2) is 32.3 Å². The van der Waals surface area contributed by atoms with Gasteiger partial charge in [-0.2, -0.15) is 5.26 Å². The Labute approximate surface area is 168 Å². The minimum atomic E-state index is -0.384. The number of nitriles is 1. The van der Waals surface area contributed by atoms with Crippen molar-refractivity contribution < 1.29 is 14.3 Å². The molecule has 1 atom stereocenters.